The zero-order valence-corrected chi connectivity index (χ0v) is 13.6. The molecular formula is C17H14F4N4O. The van der Waals surface area contributed by atoms with Crippen LogP contribution in [0.1, 0.15) is 11.1 Å². The average Bonchev–Trinajstić information content (AvgIpc) is 2.88. The highest BCUT2D eigenvalue weighted by Gasteiger charge is 2.33. The van der Waals surface area contributed by atoms with E-state index < -0.39 is 23.6 Å². The first-order valence-corrected chi connectivity index (χ1v) is 7.58. The van der Waals surface area contributed by atoms with Crippen LogP contribution in [0.4, 0.5) is 28.2 Å². The van der Waals surface area contributed by atoms with Crippen LogP contribution in [0.2, 0.25) is 0 Å². The van der Waals surface area contributed by atoms with E-state index in [1.165, 1.54) is 0 Å². The fourth-order valence-corrected chi connectivity index (χ4v) is 2.54. The van der Waals surface area contributed by atoms with Gasteiger partial charge in [0.2, 0.25) is 0 Å². The number of fused-ring (bicyclic) bond motifs is 1. The van der Waals surface area contributed by atoms with Gasteiger partial charge >= 0.3 is 12.2 Å². The monoisotopic (exact) mass is 366 g/mol. The third-order valence-corrected chi connectivity index (χ3v) is 3.78. The third-order valence-electron chi connectivity index (χ3n) is 3.78. The Morgan fingerprint density at radius 1 is 1.19 bits per heavy atom. The first kappa shape index (κ1) is 17.7. The maximum absolute atomic E-state index is 13.5. The third kappa shape index (κ3) is 3.61. The summed E-state index contributed by atoms with van der Waals surface area (Å²) in [4.78, 5) is 12.0. The molecule has 5 nitrogen and oxygen atoms in total. The minimum atomic E-state index is -4.76. The highest BCUT2D eigenvalue weighted by molar-refractivity contribution is 5.99. The van der Waals surface area contributed by atoms with Crippen LogP contribution in [-0.4, -0.2) is 15.8 Å². The molecule has 2 N–H and O–H groups in total. The van der Waals surface area contributed by atoms with Crippen LogP contribution >= 0.6 is 0 Å². The van der Waals surface area contributed by atoms with Gasteiger partial charge in [0, 0.05) is 19.0 Å². The number of urea groups is 1. The van der Waals surface area contributed by atoms with Crippen molar-refractivity contribution in [2.24, 2.45) is 7.05 Å². The van der Waals surface area contributed by atoms with E-state index in [-0.39, 0.29) is 12.1 Å². The van der Waals surface area contributed by atoms with Crippen molar-refractivity contribution in [3.63, 3.8) is 0 Å². The molecule has 2 amide bonds. The number of aryl methyl sites for hydroxylation is 1. The van der Waals surface area contributed by atoms with Crippen molar-refractivity contribution in [2.75, 3.05) is 5.32 Å². The molecule has 9 heteroatoms. The first-order valence-electron chi connectivity index (χ1n) is 7.58. The smallest absolute Gasteiger partial charge is 0.334 e. The number of halogens is 4. The highest BCUT2D eigenvalue weighted by atomic mass is 19.4. The number of nitrogens with one attached hydrogen (secondary N) is 2. The topological polar surface area (TPSA) is 59.0 Å². The van der Waals surface area contributed by atoms with E-state index in [9.17, 15) is 22.4 Å². The Hall–Kier alpha value is -3.10. The van der Waals surface area contributed by atoms with Crippen molar-refractivity contribution in [3.8, 4) is 0 Å². The number of carbonyl (C=O) groups excluding carboxylic acids is 1. The first-order chi connectivity index (χ1) is 12.3. The molecule has 0 aliphatic carbocycles. The number of aromatic nitrogens is 2. The normalized spacial score (nSPS) is 11.6. The van der Waals surface area contributed by atoms with Crippen LogP contribution in [0, 0.1) is 5.82 Å². The average molecular weight is 366 g/mol. The number of benzene rings is 2. The van der Waals surface area contributed by atoms with Gasteiger partial charge in [0.05, 0.1) is 11.1 Å². The fraction of sp³-hybridized carbons (Fsp3) is 0.176. The number of carbonyl (C=O) groups is 1. The Morgan fingerprint density at radius 3 is 2.62 bits per heavy atom. The van der Waals surface area contributed by atoms with E-state index in [2.05, 4.69) is 15.7 Å². The van der Waals surface area contributed by atoms with Gasteiger partial charge in [0.15, 0.2) is 5.82 Å². The van der Waals surface area contributed by atoms with E-state index in [1.807, 2.05) is 12.1 Å². The molecular weight excluding hydrogens is 352 g/mol. The molecule has 3 aromatic rings. The second kappa shape index (κ2) is 6.66. The summed E-state index contributed by atoms with van der Waals surface area (Å²) in [6, 6.07) is 9.19. The largest absolute Gasteiger partial charge is 0.419 e. The van der Waals surface area contributed by atoms with E-state index in [4.69, 9.17) is 0 Å². The van der Waals surface area contributed by atoms with Gasteiger partial charge in [-0.3, -0.25) is 10.00 Å². The Bertz CT molecular complexity index is 965. The predicted molar refractivity (Wildman–Crippen MR) is 88.0 cm³/mol. The molecule has 1 heterocycles. The predicted octanol–water partition coefficient (Wildman–Crippen LogP) is 4.05. The number of hydrogen-bond donors (Lipinski definition) is 2. The van der Waals surface area contributed by atoms with Gasteiger partial charge in [-0.2, -0.15) is 18.3 Å². The number of anilines is 1. The van der Waals surface area contributed by atoms with Crippen LogP contribution in [0.5, 0.6) is 0 Å². The second-order valence-corrected chi connectivity index (χ2v) is 5.61. The van der Waals surface area contributed by atoms with Gasteiger partial charge in [-0.05, 0) is 29.8 Å². The minimum absolute atomic E-state index is 0.133. The molecule has 0 atom stereocenters. The van der Waals surface area contributed by atoms with E-state index in [0.29, 0.717) is 11.9 Å². The van der Waals surface area contributed by atoms with Crippen LogP contribution in [-0.2, 0) is 19.8 Å². The molecule has 0 saturated heterocycles. The van der Waals surface area contributed by atoms with Crippen LogP contribution in [0.3, 0.4) is 0 Å². The molecule has 0 unspecified atom stereocenters. The van der Waals surface area contributed by atoms with Crippen molar-refractivity contribution in [1.29, 1.82) is 0 Å². The number of nitrogens with zero attached hydrogens (tertiary/aromatic N) is 2. The van der Waals surface area contributed by atoms with Crippen LogP contribution < -0.4 is 10.6 Å². The summed E-state index contributed by atoms with van der Waals surface area (Å²) >= 11 is 0. The summed E-state index contributed by atoms with van der Waals surface area (Å²) in [5, 5.41) is 9.97. The Kier molecular flexibility index (Phi) is 4.54. The summed E-state index contributed by atoms with van der Waals surface area (Å²) in [6.45, 7) is -0.133. The van der Waals surface area contributed by atoms with Crippen molar-refractivity contribution in [1.82, 2.24) is 15.1 Å². The lowest BCUT2D eigenvalue weighted by Gasteiger charge is -2.10. The zero-order valence-electron chi connectivity index (χ0n) is 13.6. The lowest BCUT2D eigenvalue weighted by molar-refractivity contribution is -0.140. The van der Waals surface area contributed by atoms with E-state index >= 15 is 0 Å². The van der Waals surface area contributed by atoms with Crippen molar-refractivity contribution in [3.05, 3.63) is 59.4 Å². The standard InChI is InChI=1S/C17H14F4N4O/c1-25-14-5-3-2-4-11(14)15(24-25)23-16(26)22-9-10-6-7-12(13(18)8-10)17(19,20)21/h2-8H,9H2,1H3,(H2,22,23,24,26). The maximum Gasteiger partial charge on any atom is 0.419 e. The van der Waals surface area contributed by atoms with Gasteiger partial charge in [-0.15, -0.1) is 0 Å². The molecule has 0 fully saturated rings. The van der Waals surface area contributed by atoms with Gasteiger partial charge in [-0.25, -0.2) is 9.18 Å². The summed E-state index contributed by atoms with van der Waals surface area (Å²) in [6.07, 6.45) is -4.76. The molecule has 0 aliphatic rings. The van der Waals surface area contributed by atoms with Gasteiger partial charge in [0.25, 0.3) is 0 Å². The minimum Gasteiger partial charge on any atom is -0.334 e. The summed E-state index contributed by atoms with van der Waals surface area (Å²) in [7, 11) is 1.73. The molecule has 0 radical (unpaired) electrons. The summed E-state index contributed by atoms with van der Waals surface area (Å²) in [5.41, 5.74) is -0.310. The molecule has 26 heavy (non-hydrogen) atoms. The Labute approximate surface area is 145 Å². The highest BCUT2D eigenvalue weighted by Crippen LogP contribution is 2.31. The van der Waals surface area contributed by atoms with Crippen molar-refractivity contribution >= 4 is 22.8 Å². The Balaban J connectivity index is 1.67. The molecule has 0 spiro atoms. The fourth-order valence-electron chi connectivity index (χ4n) is 2.54. The number of alkyl halides is 3. The summed E-state index contributed by atoms with van der Waals surface area (Å²) < 4.78 is 52.8. The number of rotatable bonds is 3. The maximum atomic E-state index is 13.5. The quantitative estimate of drug-likeness (QED) is 0.687. The molecule has 3 rings (SSSR count). The number of para-hydroxylation sites is 1. The van der Waals surface area contributed by atoms with Crippen molar-refractivity contribution in [2.45, 2.75) is 12.7 Å². The molecule has 0 saturated carbocycles. The number of amides is 2. The second-order valence-electron chi connectivity index (χ2n) is 5.61. The zero-order chi connectivity index (χ0) is 18.9. The van der Waals surface area contributed by atoms with E-state index in [0.717, 1.165) is 23.0 Å². The lowest BCUT2D eigenvalue weighted by atomic mass is 10.1. The number of hydrogen-bond acceptors (Lipinski definition) is 2. The molecule has 136 valence electrons. The van der Waals surface area contributed by atoms with Crippen LogP contribution in [0.25, 0.3) is 10.9 Å². The molecule has 0 bridgehead atoms. The van der Waals surface area contributed by atoms with Crippen molar-refractivity contribution < 1.29 is 22.4 Å². The van der Waals surface area contributed by atoms with Gasteiger partial charge in [-0.1, -0.05) is 18.2 Å². The van der Waals surface area contributed by atoms with E-state index in [1.54, 1.807) is 23.9 Å². The Morgan fingerprint density at radius 2 is 1.92 bits per heavy atom. The molecule has 2 aromatic carbocycles. The molecule has 0 aliphatic heterocycles. The van der Waals surface area contributed by atoms with Crippen LogP contribution in [0.15, 0.2) is 42.5 Å². The lowest BCUT2D eigenvalue weighted by Crippen LogP contribution is -2.28. The van der Waals surface area contributed by atoms with Gasteiger partial charge in [0.1, 0.15) is 5.82 Å². The summed E-state index contributed by atoms with van der Waals surface area (Å²) in [5.74, 6) is -1.04. The molecule has 1 aromatic heterocycles. The van der Waals surface area contributed by atoms with Gasteiger partial charge < -0.3 is 5.32 Å². The SMILES string of the molecule is Cn1nc(NC(=O)NCc2ccc(C(F)(F)F)c(F)c2)c2ccccc21.